The number of benzene rings is 1. The molecule has 1 saturated heterocycles. The smallest absolute Gasteiger partial charge is 0.163 e. The van der Waals surface area contributed by atoms with Crippen molar-refractivity contribution in [2.75, 3.05) is 18.5 Å². The highest BCUT2D eigenvalue weighted by Gasteiger charge is 2.26. The summed E-state index contributed by atoms with van der Waals surface area (Å²) in [7, 11) is 1.88. The Hall–Kier alpha value is -2.47. The van der Waals surface area contributed by atoms with Gasteiger partial charge in [0, 0.05) is 19.5 Å². The minimum atomic E-state index is 0.196. The highest BCUT2D eigenvalue weighted by molar-refractivity contribution is 5.85. The summed E-state index contributed by atoms with van der Waals surface area (Å²) in [6.45, 7) is 1.52. The molecule has 118 valence electrons. The second kappa shape index (κ2) is 5.96. The topological polar surface area (TPSA) is 64.9 Å². The van der Waals surface area contributed by atoms with Gasteiger partial charge in [0.25, 0.3) is 0 Å². The molecule has 0 amide bonds. The van der Waals surface area contributed by atoms with Crippen molar-refractivity contribution >= 4 is 16.9 Å². The standard InChI is InChI=1S/C17H19N5O/c1-22-17-15(9-21-22)16(19-11-20-17)18-8-14-7-13(10-23-14)12-5-3-2-4-6-12/h2-6,9,11,13-14H,7-8,10H2,1H3,(H,18,19,20)/t13-,14-/m0/s1. The molecule has 1 aromatic carbocycles. The van der Waals surface area contributed by atoms with Crippen LogP contribution in [0, 0.1) is 0 Å². The Kier molecular flexibility index (Phi) is 3.67. The molecule has 1 N–H and O–H groups in total. The molecule has 6 nitrogen and oxygen atoms in total. The first-order valence-electron chi connectivity index (χ1n) is 7.84. The number of ether oxygens (including phenoxy) is 1. The van der Waals surface area contributed by atoms with E-state index in [9.17, 15) is 0 Å². The summed E-state index contributed by atoms with van der Waals surface area (Å²) in [6.07, 6.45) is 4.58. The van der Waals surface area contributed by atoms with Crippen molar-refractivity contribution in [3.63, 3.8) is 0 Å². The molecule has 0 bridgehead atoms. The molecule has 0 radical (unpaired) electrons. The Morgan fingerprint density at radius 1 is 1.26 bits per heavy atom. The lowest BCUT2D eigenvalue weighted by molar-refractivity contribution is 0.119. The van der Waals surface area contributed by atoms with Gasteiger partial charge in [-0.1, -0.05) is 30.3 Å². The van der Waals surface area contributed by atoms with E-state index in [0.717, 1.165) is 36.4 Å². The Morgan fingerprint density at radius 2 is 2.13 bits per heavy atom. The van der Waals surface area contributed by atoms with Gasteiger partial charge in [-0.3, -0.25) is 4.68 Å². The van der Waals surface area contributed by atoms with Gasteiger partial charge in [-0.2, -0.15) is 5.10 Å². The lowest BCUT2D eigenvalue weighted by Gasteiger charge is -2.12. The lowest BCUT2D eigenvalue weighted by atomic mass is 9.96. The van der Waals surface area contributed by atoms with E-state index in [1.54, 1.807) is 17.2 Å². The normalized spacial score (nSPS) is 20.9. The Labute approximate surface area is 134 Å². The summed E-state index contributed by atoms with van der Waals surface area (Å²) in [5.41, 5.74) is 2.18. The lowest BCUT2D eigenvalue weighted by Crippen LogP contribution is -2.19. The van der Waals surface area contributed by atoms with E-state index in [2.05, 4.69) is 44.6 Å². The monoisotopic (exact) mass is 309 g/mol. The van der Waals surface area contributed by atoms with Gasteiger partial charge in [-0.15, -0.1) is 0 Å². The number of hydrogen-bond acceptors (Lipinski definition) is 5. The second-order valence-corrected chi connectivity index (χ2v) is 5.91. The first-order chi connectivity index (χ1) is 11.3. The number of nitrogens with zero attached hydrogens (tertiary/aromatic N) is 4. The van der Waals surface area contributed by atoms with Crippen molar-refractivity contribution in [2.45, 2.75) is 18.4 Å². The molecule has 0 unspecified atom stereocenters. The maximum atomic E-state index is 5.93. The molecule has 3 heterocycles. The number of aryl methyl sites for hydroxylation is 1. The van der Waals surface area contributed by atoms with Crippen LogP contribution in [0.3, 0.4) is 0 Å². The highest BCUT2D eigenvalue weighted by Crippen LogP contribution is 2.29. The zero-order valence-corrected chi connectivity index (χ0v) is 13.0. The van der Waals surface area contributed by atoms with Gasteiger partial charge in [0.05, 0.1) is 24.3 Å². The zero-order chi connectivity index (χ0) is 15.6. The van der Waals surface area contributed by atoms with E-state index in [4.69, 9.17) is 4.74 Å². The number of anilines is 1. The van der Waals surface area contributed by atoms with Gasteiger partial charge in [0.15, 0.2) is 5.65 Å². The van der Waals surface area contributed by atoms with Gasteiger partial charge in [-0.05, 0) is 12.0 Å². The van der Waals surface area contributed by atoms with Crippen molar-refractivity contribution in [2.24, 2.45) is 7.05 Å². The molecule has 1 fully saturated rings. The van der Waals surface area contributed by atoms with Gasteiger partial charge in [0.2, 0.25) is 0 Å². The minimum absolute atomic E-state index is 0.196. The molecule has 1 aliphatic rings. The van der Waals surface area contributed by atoms with Crippen LogP contribution in [0.15, 0.2) is 42.9 Å². The zero-order valence-electron chi connectivity index (χ0n) is 13.0. The fourth-order valence-corrected chi connectivity index (χ4v) is 3.12. The van der Waals surface area contributed by atoms with Gasteiger partial charge in [-0.25, -0.2) is 9.97 Å². The third-order valence-corrected chi connectivity index (χ3v) is 4.38. The number of aromatic nitrogens is 4. The van der Waals surface area contributed by atoms with E-state index in [0.29, 0.717) is 5.92 Å². The van der Waals surface area contributed by atoms with Crippen molar-refractivity contribution in [3.05, 3.63) is 48.4 Å². The molecular formula is C17H19N5O. The van der Waals surface area contributed by atoms with Crippen molar-refractivity contribution in [1.82, 2.24) is 19.7 Å². The second-order valence-electron chi connectivity index (χ2n) is 5.91. The van der Waals surface area contributed by atoms with Crippen LogP contribution in [0.4, 0.5) is 5.82 Å². The third-order valence-electron chi connectivity index (χ3n) is 4.38. The SMILES string of the molecule is Cn1ncc2c(NC[C@@H]3C[C@H](c4ccccc4)CO3)ncnc21. The van der Waals surface area contributed by atoms with Gasteiger partial charge < -0.3 is 10.1 Å². The van der Waals surface area contributed by atoms with Crippen LogP contribution in [0.25, 0.3) is 11.0 Å². The van der Waals surface area contributed by atoms with Gasteiger partial charge >= 0.3 is 0 Å². The van der Waals surface area contributed by atoms with E-state index >= 15 is 0 Å². The molecule has 2 atom stereocenters. The Bertz CT molecular complexity index is 801. The highest BCUT2D eigenvalue weighted by atomic mass is 16.5. The predicted molar refractivity (Wildman–Crippen MR) is 88.3 cm³/mol. The van der Waals surface area contributed by atoms with E-state index in [1.807, 2.05) is 13.1 Å². The first kappa shape index (κ1) is 14.1. The van der Waals surface area contributed by atoms with E-state index in [-0.39, 0.29) is 6.10 Å². The first-order valence-corrected chi connectivity index (χ1v) is 7.84. The average molecular weight is 309 g/mol. The predicted octanol–water partition coefficient (Wildman–Crippen LogP) is 2.35. The molecule has 0 spiro atoms. The van der Waals surface area contributed by atoms with Crippen LogP contribution in [0.1, 0.15) is 17.9 Å². The summed E-state index contributed by atoms with van der Waals surface area (Å²) in [5.74, 6) is 1.29. The fourth-order valence-electron chi connectivity index (χ4n) is 3.12. The Morgan fingerprint density at radius 3 is 3.00 bits per heavy atom. The third kappa shape index (κ3) is 2.77. The summed E-state index contributed by atoms with van der Waals surface area (Å²) in [4.78, 5) is 8.58. The number of rotatable bonds is 4. The van der Waals surface area contributed by atoms with Crippen LogP contribution in [0.5, 0.6) is 0 Å². The molecule has 3 aromatic rings. The largest absolute Gasteiger partial charge is 0.376 e. The van der Waals surface area contributed by atoms with Crippen LogP contribution in [-0.4, -0.2) is 39.0 Å². The molecular weight excluding hydrogens is 290 g/mol. The van der Waals surface area contributed by atoms with Crippen molar-refractivity contribution in [1.29, 1.82) is 0 Å². The molecule has 6 heteroatoms. The number of nitrogens with one attached hydrogen (secondary N) is 1. The molecule has 0 saturated carbocycles. The van der Waals surface area contributed by atoms with E-state index < -0.39 is 0 Å². The number of fused-ring (bicyclic) bond motifs is 1. The van der Waals surface area contributed by atoms with Crippen LogP contribution in [0.2, 0.25) is 0 Å². The van der Waals surface area contributed by atoms with Crippen molar-refractivity contribution < 1.29 is 4.74 Å². The van der Waals surface area contributed by atoms with E-state index in [1.165, 1.54) is 5.56 Å². The minimum Gasteiger partial charge on any atom is -0.376 e. The van der Waals surface area contributed by atoms with Gasteiger partial charge in [0.1, 0.15) is 12.1 Å². The molecule has 4 rings (SSSR count). The fraction of sp³-hybridized carbons (Fsp3) is 0.353. The van der Waals surface area contributed by atoms with Crippen molar-refractivity contribution in [3.8, 4) is 0 Å². The maximum Gasteiger partial charge on any atom is 0.163 e. The van der Waals surface area contributed by atoms with Crippen LogP contribution < -0.4 is 5.32 Å². The molecule has 1 aliphatic heterocycles. The van der Waals surface area contributed by atoms with Crippen LogP contribution in [-0.2, 0) is 11.8 Å². The summed E-state index contributed by atoms with van der Waals surface area (Å²) in [6, 6.07) is 10.6. The molecule has 2 aromatic heterocycles. The summed E-state index contributed by atoms with van der Waals surface area (Å²) >= 11 is 0. The molecule has 0 aliphatic carbocycles. The van der Waals surface area contributed by atoms with Crippen LogP contribution >= 0.6 is 0 Å². The maximum absolute atomic E-state index is 5.93. The summed E-state index contributed by atoms with van der Waals surface area (Å²) < 4.78 is 7.68. The average Bonchev–Trinajstić information content (AvgIpc) is 3.22. The molecule has 23 heavy (non-hydrogen) atoms. The summed E-state index contributed by atoms with van der Waals surface area (Å²) in [5, 5.41) is 8.55. The quantitative estimate of drug-likeness (QED) is 0.801. The number of hydrogen-bond donors (Lipinski definition) is 1. The Balaban J connectivity index is 1.42.